The first kappa shape index (κ1) is 20.4. The number of hydrogen-bond acceptors (Lipinski definition) is 2. The molecule has 0 N–H and O–H groups in total. The van der Waals surface area contributed by atoms with Crippen LogP contribution in [-0.2, 0) is 8.85 Å². The molecular formula is C21H42O2Si. The van der Waals surface area contributed by atoms with Crippen LogP contribution < -0.4 is 0 Å². The van der Waals surface area contributed by atoms with Gasteiger partial charge in [-0.05, 0) is 39.5 Å². The molecular weight excluding hydrogens is 312 g/mol. The fourth-order valence-electron chi connectivity index (χ4n) is 5.19. The summed E-state index contributed by atoms with van der Waals surface area (Å²) in [6.45, 7) is 6.08. The molecule has 2 aliphatic rings. The van der Waals surface area contributed by atoms with E-state index in [1.165, 1.54) is 96.3 Å². The van der Waals surface area contributed by atoms with Gasteiger partial charge >= 0.3 is 8.56 Å². The molecule has 0 aromatic rings. The van der Waals surface area contributed by atoms with Crippen LogP contribution in [0.4, 0.5) is 0 Å². The molecule has 0 heterocycles. The molecule has 0 bridgehead atoms. The van der Waals surface area contributed by atoms with Crippen LogP contribution in [0.2, 0.25) is 11.1 Å². The van der Waals surface area contributed by atoms with Crippen LogP contribution in [0.5, 0.6) is 0 Å². The highest BCUT2D eigenvalue weighted by molar-refractivity contribution is 6.70. The summed E-state index contributed by atoms with van der Waals surface area (Å²) < 4.78 is 13.4. The van der Waals surface area contributed by atoms with Gasteiger partial charge in [-0.15, -0.1) is 0 Å². The van der Waals surface area contributed by atoms with Crippen LogP contribution in [0, 0.1) is 0 Å². The van der Waals surface area contributed by atoms with Crippen molar-refractivity contribution in [1.29, 1.82) is 0 Å². The van der Waals surface area contributed by atoms with Crippen molar-refractivity contribution in [2.75, 3.05) is 13.2 Å². The predicted octanol–water partition coefficient (Wildman–Crippen LogP) is 7.12. The van der Waals surface area contributed by atoms with Crippen molar-refractivity contribution in [2.45, 2.75) is 121 Å². The molecule has 2 rings (SSSR count). The Hall–Kier alpha value is 0.137. The van der Waals surface area contributed by atoms with Crippen molar-refractivity contribution < 1.29 is 8.85 Å². The van der Waals surface area contributed by atoms with Gasteiger partial charge in [0.2, 0.25) is 0 Å². The van der Waals surface area contributed by atoms with Gasteiger partial charge in [0, 0.05) is 24.3 Å². The minimum atomic E-state index is -2.12. The standard InChI is InChI=1S/C21H42O2Si/c1-3-22-24(23-4-2,21-18-14-10-11-15-19-21)20-16-12-8-6-5-7-9-13-17-20/h20-21H,3-19H2,1-2H3. The molecule has 0 saturated heterocycles. The highest BCUT2D eigenvalue weighted by Gasteiger charge is 2.51. The minimum absolute atomic E-state index is 0.735. The lowest BCUT2D eigenvalue weighted by molar-refractivity contribution is 0.153. The van der Waals surface area contributed by atoms with Gasteiger partial charge < -0.3 is 8.85 Å². The van der Waals surface area contributed by atoms with Crippen LogP contribution in [-0.4, -0.2) is 21.8 Å². The predicted molar refractivity (Wildman–Crippen MR) is 106 cm³/mol. The summed E-state index contributed by atoms with van der Waals surface area (Å²) in [5, 5.41) is 0. The molecule has 0 spiro atoms. The molecule has 0 unspecified atom stereocenters. The van der Waals surface area contributed by atoms with Crippen molar-refractivity contribution in [3.05, 3.63) is 0 Å². The molecule has 142 valence electrons. The van der Waals surface area contributed by atoms with E-state index in [-0.39, 0.29) is 0 Å². The van der Waals surface area contributed by atoms with Crippen molar-refractivity contribution in [3.63, 3.8) is 0 Å². The summed E-state index contributed by atoms with van der Waals surface area (Å²) >= 11 is 0. The Morgan fingerprint density at radius 3 is 1.12 bits per heavy atom. The largest absolute Gasteiger partial charge is 0.394 e. The first-order valence-electron chi connectivity index (χ1n) is 11.1. The molecule has 0 radical (unpaired) electrons. The van der Waals surface area contributed by atoms with E-state index in [1.54, 1.807) is 0 Å². The van der Waals surface area contributed by atoms with E-state index in [0.29, 0.717) is 0 Å². The Balaban J connectivity index is 2.18. The van der Waals surface area contributed by atoms with Gasteiger partial charge in [-0.1, -0.05) is 70.6 Å². The van der Waals surface area contributed by atoms with Crippen molar-refractivity contribution >= 4 is 8.56 Å². The smallest absolute Gasteiger partial charge is 0.344 e. The van der Waals surface area contributed by atoms with Gasteiger partial charge in [-0.25, -0.2) is 0 Å². The van der Waals surface area contributed by atoms with Gasteiger partial charge in [0.1, 0.15) is 0 Å². The zero-order valence-electron chi connectivity index (χ0n) is 16.5. The average molecular weight is 355 g/mol. The normalized spacial score (nSPS) is 23.8. The fraction of sp³-hybridized carbons (Fsp3) is 1.00. The quantitative estimate of drug-likeness (QED) is 0.373. The molecule has 3 heteroatoms. The van der Waals surface area contributed by atoms with Gasteiger partial charge in [0.15, 0.2) is 0 Å². The lowest BCUT2D eigenvalue weighted by atomic mass is 10.0. The highest BCUT2D eigenvalue weighted by Crippen LogP contribution is 2.47. The SMILES string of the molecule is CCO[Si](OCC)(C1CCCCCCCCC1)C1CCCCCC1. The third-order valence-corrected chi connectivity index (χ3v) is 11.2. The van der Waals surface area contributed by atoms with Crippen molar-refractivity contribution in [2.24, 2.45) is 0 Å². The van der Waals surface area contributed by atoms with E-state index >= 15 is 0 Å². The molecule has 24 heavy (non-hydrogen) atoms. The molecule has 2 aliphatic carbocycles. The molecule has 0 atom stereocenters. The lowest BCUT2D eigenvalue weighted by Crippen LogP contribution is -2.51. The topological polar surface area (TPSA) is 18.5 Å². The summed E-state index contributed by atoms with van der Waals surface area (Å²) in [5.41, 5.74) is 1.48. The summed E-state index contributed by atoms with van der Waals surface area (Å²) in [7, 11) is -2.12. The highest BCUT2D eigenvalue weighted by atomic mass is 28.4. The number of rotatable bonds is 6. The molecule has 2 saturated carbocycles. The third kappa shape index (κ3) is 5.84. The monoisotopic (exact) mass is 354 g/mol. The second-order valence-corrected chi connectivity index (χ2v) is 11.7. The second kappa shape index (κ2) is 11.7. The van der Waals surface area contributed by atoms with Crippen LogP contribution in [0.15, 0.2) is 0 Å². The number of hydrogen-bond donors (Lipinski definition) is 0. The van der Waals surface area contributed by atoms with E-state index in [4.69, 9.17) is 8.85 Å². The Labute approximate surface area is 152 Å². The Morgan fingerprint density at radius 1 is 0.542 bits per heavy atom. The molecule has 0 amide bonds. The first-order valence-corrected chi connectivity index (χ1v) is 13.1. The third-order valence-electron chi connectivity index (χ3n) is 6.34. The minimum Gasteiger partial charge on any atom is -0.394 e. The first-order chi connectivity index (χ1) is 11.8. The zero-order chi connectivity index (χ0) is 17.1. The Morgan fingerprint density at radius 2 is 0.833 bits per heavy atom. The maximum atomic E-state index is 6.69. The van der Waals surface area contributed by atoms with E-state index in [0.717, 1.165) is 24.3 Å². The van der Waals surface area contributed by atoms with Gasteiger partial charge in [0.25, 0.3) is 0 Å². The summed E-state index contributed by atoms with van der Waals surface area (Å²) in [5.74, 6) is 0. The van der Waals surface area contributed by atoms with E-state index < -0.39 is 8.56 Å². The maximum Gasteiger partial charge on any atom is 0.344 e. The van der Waals surface area contributed by atoms with Crippen molar-refractivity contribution in [1.82, 2.24) is 0 Å². The van der Waals surface area contributed by atoms with E-state index in [1.807, 2.05) is 0 Å². The zero-order valence-corrected chi connectivity index (χ0v) is 17.5. The summed E-state index contributed by atoms with van der Waals surface area (Å²) in [4.78, 5) is 0. The maximum absolute atomic E-state index is 6.69. The van der Waals surface area contributed by atoms with Crippen LogP contribution in [0.25, 0.3) is 0 Å². The molecule has 2 nitrogen and oxygen atoms in total. The van der Waals surface area contributed by atoms with Crippen molar-refractivity contribution in [3.8, 4) is 0 Å². The van der Waals surface area contributed by atoms with Crippen LogP contribution in [0.1, 0.15) is 110 Å². The Kier molecular flexibility index (Phi) is 9.96. The fourth-order valence-corrected chi connectivity index (χ4v) is 10.2. The van der Waals surface area contributed by atoms with Gasteiger partial charge in [-0.2, -0.15) is 0 Å². The molecule has 0 aliphatic heterocycles. The van der Waals surface area contributed by atoms with E-state index in [2.05, 4.69) is 13.8 Å². The summed E-state index contributed by atoms with van der Waals surface area (Å²) in [6.07, 6.45) is 21.0. The van der Waals surface area contributed by atoms with Crippen LogP contribution in [0.3, 0.4) is 0 Å². The Bertz CT molecular complexity index is 297. The van der Waals surface area contributed by atoms with Crippen LogP contribution >= 0.6 is 0 Å². The average Bonchev–Trinajstić information content (AvgIpc) is 2.89. The lowest BCUT2D eigenvalue weighted by Gasteiger charge is -2.43. The second-order valence-electron chi connectivity index (χ2n) is 8.03. The van der Waals surface area contributed by atoms with E-state index in [9.17, 15) is 0 Å². The van der Waals surface area contributed by atoms with Gasteiger partial charge in [0.05, 0.1) is 0 Å². The molecule has 0 aromatic carbocycles. The molecule has 2 fully saturated rings. The summed E-state index contributed by atoms with van der Waals surface area (Å²) in [6, 6.07) is 0. The van der Waals surface area contributed by atoms with Gasteiger partial charge in [-0.3, -0.25) is 0 Å². The molecule has 0 aromatic heterocycles.